The van der Waals surface area contributed by atoms with E-state index in [1.54, 1.807) is 12.1 Å². The van der Waals surface area contributed by atoms with E-state index in [2.05, 4.69) is 18.7 Å². The van der Waals surface area contributed by atoms with Crippen molar-refractivity contribution in [1.29, 1.82) is 0 Å². The number of hydrogen-bond acceptors (Lipinski definition) is 4. The van der Waals surface area contributed by atoms with Crippen molar-refractivity contribution in [2.75, 3.05) is 37.7 Å². The molecule has 96 valence electrons. The average Bonchev–Trinajstić information content (AvgIpc) is 2.34. The van der Waals surface area contributed by atoms with E-state index in [0.29, 0.717) is 18.0 Å². The highest BCUT2D eigenvalue weighted by atomic mass is 16.5. The molecule has 4 heteroatoms. The second kappa shape index (κ2) is 7.01. The molecule has 0 fully saturated rings. The van der Waals surface area contributed by atoms with Crippen molar-refractivity contribution in [3.05, 3.63) is 18.2 Å². The van der Waals surface area contributed by atoms with Crippen molar-refractivity contribution in [2.45, 2.75) is 20.3 Å². The van der Waals surface area contributed by atoms with Crippen LogP contribution in [0.2, 0.25) is 0 Å². The third-order valence-corrected chi connectivity index (χ3v) is 2.84. The smallest absolute Gasteiger partial charge is 0.121 e. The zero-order valence-electron chi connectivity index (χ0n) is 10.8. The zero-order valence-corrected chi connectivity index (χ0v) is 10.8. The first-order chi connectivity index (χ1) is 8.17. The molecule has 0 heterocycles. The summed E-state index contributed by atoms with van der Waals surface area (Å²) in [7, 11) is 0. The molecule has 0 unspecified atom stereocenters. The summed E-state index contributed by atoms with van der Waals surface area (Å²) in [6.07, 6.45) is 1.02. The van der Waals surface area contributed by atoms with E-state index in [0.717, 1.165) is 31.8 Å². The van der Waals surface area contributed by atoms with E-state index in [9.17, 15) is 0 Å². The summed E-state index contributed by atoms with van der Waals surface area (Å²) in [5.74, 6) is 0.788. The Morgan fingerprint density at radius 1 is 1.12 bits per heavy atom. The number of nitrogens with two attached hydrogens (primary N) is 2. The van der Waals surface area contributed by atoms with Crippen molar-refractivity contribution in [3.8, 4) is 5.75 Å². The Morgan fingerprint density at radius 2 is 1.82 bits per heavy atom. The van der Waals surface area contributed by atoms with Gasteiger partial charge >= 0.3 is 0 Å². The molecule has 0 aliphatic heterocycles. The highest BCUT2D eigenvalue weighted by molar-refractivity contribution is 5.65. The first kappa shape index (κ1) is 13.6. The maximum absolute atomic E-state index is 5.70. The van der Waals surface area contributed by atoms with E-state index in [1.807, 2.05) is 6.07 Å². The van der Waals surface area contributed by atoms with Gasteiger partial charge in [-0.2, -0.15) is 0 Å². The first-order valence-corrected chi connectivity index (χ1v) is 6.17. The lowest BCUT2D eigenvalue weighted by atomic mass is 10.2. The van der Waals surface area contributed by atoms with E-state index >= 15 is 0 Å². The Labute approximate surface area is 104 Å². The molecule has 17 heavy (non-hydrogen) atoms. The standard InChI is InChI=1S/C13H23N3O/c1-3-16(4-2)8-5-9-17-11-6-7-12(14)13(15)10-11/h6-7,10H,3-5,8-9,14-15H2,1-2H3. The SMILES string of the molecule is CCN(CC)CCCOc1ccc(N)c(N)c1. The molecule has 4 N–H and O–H groups in total. The number of rotatable bonds is 7. The Hall–Kier alpha value is -1.42. The highest BCUT2D eigenvalue weighted by Crippen LogP contribution is 2.21. The summed E-state index contributed by atoms with van der Waals surface area (Å²) in [5.41, 5.74) is 12.5. The predicted molar refractivity (Wildman–Crippen MR) is 73.2 cm³/mol. The van der Waals surface area contributed by atoms with Crippen LogP contribution in [0.1, 0.15) is 20.3 Å². The van der Waals surface area contributed by atoms with Crippen LogP contribution >= 0.6 is 0 Å². The molecule has 4 nitrogen and oxygen atoms in total. The Balaban J connectivity index is 2.28. The van der Waals surface area contributed by atoms with Crippen LogP contribution in [-0.4, -0.2) is 31.1 Å². The molecule has 1 rings (SSSR count). The third-order valence-electron chi connectivity index (χ3n) is 2.84. The molecule has 0 bridgehead atoms. The van der Waals surface area contributed by atoms with Gasteiger partial charge in [-0.05, 0) is 31.6 Å². The molecular formula is C13H23N3O. The molecule has 0 atom stereocenters. The van der Waals surface area contributed by atoms with Gasteiger partial charge in [0, 0.05) is 12.6 Å². The lowest BCUT2D eigenvalue weighted by Gasteiger charge is -2.17. The van der Waals surface area contributed by atoms with Gasteiger partial charge in [-0.1, -0.05) is 13.8 Å². The molecule has 0 saturated heterocycles. The van der Waals surface area contributed by atoms with E-state index in [1.165, 1.54) is 0 Å². The van der Waals surface area contributed by atoms with Crippen LogP contribution in [-0.2, 0) is 0 Å². The monoisotopic (exact) mass is 237 g/mol. The molecular weight excluding hydrogens is 214 g/mol. The predicted octanol–water partition coefficient (Wildman–Crippen LogP) is 1.96. The van der Waals surface area contributed by atoms with Gasteiger partial charge in [0.15, 0.2) is 0 Å². The van der Waals surface area contributed by atoms with Crippen molar-refractivity contribution in [2.24, 2.45) is 0 Å². The number of hydrogen-bond donors (Lipinski definition) is 2. The summed E-state index contributed by atoms with van der Waals surface area (Å²) < 4.78 is 5.62. The lowest BCUT2D eigenvalue weighted by Crippen LogP contribution is -2.25. The highest BCUT2D eigenvalue weighted by Gasteiger charge is 2.00. The fourth-order valence-electron chi connectivity index (χ4n) is 1.66. The minimum Gasteiger partial charge on any atom is -0.493 e. The molecule has 1 aromatic carbocycles. The topological polar surface area (TPSA) is 64.5 Å². The minimum absolute atomic E-state index is 0.575. The molecule has 0 aliphatic carbocycles. The van der Waals surface area contributed by atoms with Gasteiger partial charge < -0.3 is 21.1 Å². The summed E-state index contributed by atoms with van der Waals surface area (Å²) in [4.78, 5) is 2.38. The largest absolute Gasteiger partial charge is 0.493 e. The van der Waals surface area contributed by atoms with Crippen LogP contribution in [0.3, 0.4) is 0 Å². The number of ether oxygens (including phenoxy) is 1. The molecule has 0 radical (unpaired) electrons. The zero-order chi connectivity index (χ0) is 12.7. The van der Waals surface area contributed by atoms with E-state index in [-0.39, 0.29) is 0 Å². The average molecular weight is 237 g/mol. The Morgan fingerprint density at radius 3 is 2.41 bits per heavy atom. The van der Waals surface area contributed by atoms with Crippen LogP contribution in [0.15, 0.2) is 18.2 Å². The van der Waals surface area contributed by atoms with E-state index < -0.39 is 0 Å². The van der Waals surface area contributed by atoms with Gasteiger partial charge in [-0.15, -0.1) is 0 Å². The fraction of sp³-hybridized carbons (Fsp3) is 0.538. The summed E-state index contributed by atoms with van der Waals surface area (Å²) >= 11 is 0. The molecule has 0 aromatic heterocycles. The van der Waals surface area contributed by atoms with Gasteiger partial charge in [0.1, 0.15) is 5.75 Å². The van der Waals surface area contributed by atoms with Crippen molar-refractivity contribution in [1.82, 2.24) is 4.90 Å². The van der Waals surface area contributed by atoms with Gasteiger partial charge in [-0.25, -0.2) is 0 Å². The third kappa shape index (κ3) is 4.53. The van der Waals surface area contributed by atoms with Crippen LogP contribution in [0.5, 0.6) is 5.75 Å². The van der Waals surface area contributed by atoms with Crippen molar-refractivity contribution >= 4 is 11.4 Å². The summed E-state index contributed by atoms with van der Waals surface area (Å²) in [6.45, 7) is 8.30. The Kier molecular flexibility index (Phi) is 5.63. The summed E-state index contributed by atoms with van der Waals surface area (Å²) in [5, 5.41) is 0. The maximum Gasteiger partial charge on any atom is 0.121 e. The van der Waals surface area contributed by atoms with Crippen molar-refractivity contribution in [3.63, 3.8) is 0 Å². The molecule has 0 aliphatic rings. The molecule has 0 amide bonds. The second-order valence-electron chi connectivity index (χ2n) is 4.02. The molecule has 0 saturated carbocycles. The number of nitrogens with zero attached hydrogens (tertiary/aromatic N) is 1. The van der Waals surface area contributed by atoms with Gasteiger partial charge in [0.2, 0.25) is 0 Å². The first-order valence-electron chi connectivity index (χ1n) is 6.17. The Bertz CT molecular complexity index is 337. The van der Waals surface area contributed by atoms with Gasteiger partial charge in [0.25, 0.3) is 0 Å². The van der Waals surface area contributed by atoms with Crippen LogP contribution < -0.4 is 16.2 Å². The second-order valence-corrected chi connectivity index (χ2v) is 4.02. The minimum atomic E-state index is 0.575. The molecule has 0 spiro atoms. The van der Waals surface area contributed by atoms with Crippen LogP contribution in [0.4, 0.5) is 11.4 Å². The van der Waals surface area contributed by atoms with Crippen LogP contribution in [0, 0.1) is 0 Å². The number of nitrogen functional groups attached to an aromatic ring is 2. The normalized spacial score (nSPS) is 10.8. The lowest BCUT2D eigenvalue weighted by molar-refractivity contribution is 0.249. The van der Waals surface area contributed by atoms with Gasteiger partial charge in [0.05, 0.1) is 18.0 Å². The number of benzene rings is 1. The number of anilines is 2. The quantitative estimate of drug-likeness (QED) is 0.562. The van der Waals surface area contributed by atoms with Gasteiger partial charge in [-0.3, -0.25) is 0 Å². The van der Waals surface area contributed by atoms with E-state index in [4.69, 9.17) is 16.2 Å². The maximum atomic E-state index is 5.70. The molecule has 1 aromatic rings. The fourth-order valence-corrected chi connectivity index (χ4v) is 1.66. The summed E-state index contributed by atoms with van der Waals surface area (Å²) in [6, 6.07) is 5.39. The van der Waals surface area contributed by atoms with Crippen molar-refractivity contribution < 1.29 is 4.74 Å². The van der Waals surface area contributed by atoms with Crippen LogP contribution in [0.25, 0.3) is 0 Å².